The summed E-state index contributed by atoms with van der Waals surface area (Å²) in [5.41, 5.74) is 3.10. The average Bonchev–Trinajstić information content (AvgIpc) is 2.98. The summed E-state index contributed by atoms with van der Waals surface area (Å²) in [4.78, 5) is 31.6. The number of piperidine rings is 1. The van der Waals surface area contributed by atoms with Crippen LogP contribution in [0.4, 0.5) is 0 Å². The van der Waals surface area contributed by atoms with E-state index in [1.54, 1.807) is 5.64 Å². The molecule has 1 heterocycles. The van der Waals surface area contributed by atoms with Gasteiger partial charge in [0.2, 0.25) is 11.8 Å². The van der Waals surface area contributed by atoms with Gasteiger partial charge in [0.15, 0.2) is 0 Å². The molecule has 11 heteroatoms. The van der Waals surface area contributed by atoms with Crippen molar-refractivity contribution in [2.45, 2.75) is 110 Å². The largest absolute Gasteiger partial charge is 0.390 e. The van der Waals surface area contributed by atoms with Crippen LogP contribution >= 0.6 is 0 Å². The number of rotatable bonds is 13. The second-order valence-corrected chi connectivity index (χ2v) is 13.3. The maximum absolute atomic E-state index is 13.4. The van der Waals surface area contributed by atoms with E-state index in [2.05, 4.69) is 25.7 Å². The van der Waals surface area contributed by atoms with Crippen LogP contribution in [0.2, 0.25) is 0 Å². The van der Waals surface area contributed by atoms with Gasteiger partial charge in [0, 0.05) is 24.3 Å². The normalized spacial score (nSPS) is 22.2. The number of nitrogens with one attached hydrogen (secondary N) is 4. The number of allylic oxidation sites excluding steroid dienone is 1. The summed E-state index contributed by atoms with van der Waals surface area (Å²) >= 11 is 0. The first kappa shape index (κ1) is 37.6. The average molecular weight is 620 g/mol. The summed E-state index contributed by atoms with van der Waals surface area (Å²) in [7, 11) is 0. The first-order chi connectivity index (χ1) is 20.9. The Hall–Kier alpha value is -2.54. The van der Waals surface area contributed by atoms with Gasteiger partial charge in [-0.15, -0.1) is 0 Å². The molecule has 2 aliphatic rings. The number of carbonyl (C=O) groups excluding carboxylic acids is 2. The quantitative estimate of drug-likeness (QED) is 0.165. The molecule has 1 aliphatic carbocycles. The number of nitrogens with zero attached hydrogens (tertiary/aromatic N) is 1. The molecule has 1 aliphatic heterocycles. The van der Waals surface area contributed by atoms with Crippen molar-refractivity contribution in [1.29, 1.82) is 0 Å². The number of fused-ring (bicyclic) bond motifs is 1. The molecule has 2 amide bonds. The number of benzene rings is 1. The lowest BCUT2D eigenvalue weighted by molar-refractivity contribution is -0.152. The Morgan fingerprint density at radius 2 is 1.77 bits per heavy atom. The summed E-state index contributed by atoms with van der Waals surface area (Å²) in [6.07, 6.45) is 7.43. The van der Waals surface area contributed by atoms with Gasteiger partial charge < -0.3 is 26.2 Å². The van der Waals surface area contributed by atoms with Crippen molar-refractivity contribution in [1.82, 2.24) is 26.5 Å². The fourth-order valence-corrected chi connectivity index (χ4v) is 5.98. The third-order valence-electron chi connectivity index (χ3n) is 8.11. The van der Waals surface area contributed by atoms with Gasteiger partial charge in [-0.3, -0.25) is 24.5 Å². The summed E-state index contributed by atoms with van der Waals surface area (Å²) < 4.78 is 0. The van der Waals surface area contributed by atoms with E-state index in [1.807, 2.05) is 78.0 Å². The zero-order valence-electron chi connectivity index (χ0n) is 27.5. The molecule has 0 aromatic heterocycles. The molecule has 1 saturated carbocycles. The van der Waals surface area contributed by atoms with Crippen molar-refractivity contribution in [3.05, 3.63) is 47.7 Å². The van der Waals surface area contributed by atoms with Crippen LogP contribution in [0.25, 0.3) is 0 Å². The van der Waals surface area contributed by atoms with E-state index < -0.39 is 18.6 Å². The van der Waals surface area contributed by atoms with E-state index in [9.17, 15) is 14.7 Å². The fraction of sp³-hybridized carbons (Fsp3) is 0.697. The second-order valence-electron chi connectivity index (χ2n) is 13.3. The Labute approximate surface area is 263 Å². The maximum Gasteiger partial charge on any atom is 0.246 e. The monoisotopic (exact) mass is 619 g/mol. The van der Waals surface area contributed by atoms with Gasteiger partial charge in [0.1, 0.15) is 6.61 Å². The highest BCUT2D eigenvalue weighted by molar-refractivity contribution is 5.82. The smallest absolute Gasteiger partial charge is 0.246 e. The number of hydrogen-bond acceptors (Lipinski definition) is 9. The first-order valence-electron chi connectivity index (χ1n) is 16.0. The zero-order valence-corrected chi connectivity index (χ0v) is 27.5. The number of aliphatic hydroxyl groups excluding tert-OH is 2. The molecule has 2 fully saturated rings. The molecule has 0 bridgehead atoms. The highest BCUT2D eigenvalue weighted by Crippen LogP contribution is 2.39. The molecule has 1 saturated heterocycles. The standard InChI is InChI=1S/C30H48N4O4.C3H9NO2/c1-5-24(17-31-28(37)20-35)32-25(15-21-11-7-6-8-12-21)27(36)19-34-18-23-14-10-9-13-22(23)16-26(34)29(38)33-30(2,3)4;1-3(2)6-4-5/h5-8,11-12,22-23,25-27,32,35-36H,9-10,13-20H2,1-4H3,(H,31,37)(H,33,38);3-5H,1-2H3/b24-5+;. The lowest BCUT2D eigenvalue weighted by atomic mass is 9.72. The van der Waals surface area contributed by atoms with Gasteiger partial charge in [0.05, 0.1) is 30.8 Å². The van der Waals surface area contributed by atoms with Crippen molar-refractivity contribution in [2.24, 2.45) is 11.8 Å². The van der Waals surface area contributed by atoms with Crippen LogP contribution in [0.3, 0.4) is 0 Å². The highest BCUT2D eigenvalue weighted by Gasteiger charge is 2.41. The minimum Gasteiger partial charge on any atom is -0.390 e. The number of amides is 2. The van der Waals surface area contributed by atoms with Gasteiger partial charge in [-0.05, 0) is 78.2 Å². The number of β-amino-alcohol motifs (C(OH)–C–C–N with tert-alkyl or cyclic N) is 1. The Bertz CT molecular complexity index is 1020. The van der Waals surface area contributed by atoms with Crippen LogP contribution in [-0.2, 0) is 20.8 Å². The first-order valence-corrected chi connectivity index (χ1v) is 16.0. The molecule has 7 N–H and O–H groups in total. The lowest BCUT2D eigenvalue weighted by Gasteiger charge is -2.47. The number of hydrogen-bond donors (Lipinski definition) is 7. The molecule has 1 aromatic carbocycles. The van der Waals surface area contributed by atoms with Crippen molar-refractivity contribution in [2.75, 3.05) is 26.2 Å². The Balaban J connectivity index is 0.00000102. The van der Waals surface area contributed by atoms with Crippen molar-refractivity contribution in [3.63, 3.8) is 0 Å². The number of carbonyl (C=O) groups is 2. The van der Waals surface area contributed by atoms with E-state index in [0.29, 0.717) is 24.8 Å². The van der Waals surface area contributed by atoms with Crippen LogP contribution in [-0.4, -0.2) is 88.2 Å². The van der Waals surface area contributed by atoms with Crippen molar-refractivity contribution >= 4 is 11.8 Å². The summed E-state index contributed by atoms with van der Waals surface area (Å²) in [6.45, 7) is 12.4. The van der Waals surface area contributed by atoms with Gasteiger partial charge in [-0.1, -0.05) is 61.3 Å². The molecule has 11 nitrogen and oxygen atoms in total. The molecule has 1 aromatic rings. The summed E-state index contributed by atoms with van der Waals surface area (Å²) in [5, 5.41) is 37.8. The molecule has 5 unspecified atom stereocenters. The number of aliphatic hydroxyl groups is 2. The fourth-order valence-electron chi connectivity index (χ4n) is 5.98. The SMILES string of the molecule is C/C=C(\CNC(=O)CO)NC(Cc1ccccc1)C(O)CN1CC2CCCCC2CC1C(=O)NC(C)(C)C.CC(C)ONO. The van der Waals surface area contributed by atoms with Gasteiger partial charge >= 0.3 is 0 Å². The van der Waals surface area contributed by atoms with Crippen molar-refractivity contribution in [3.8, 4) is 0 Å². The Morgan fingerprint density at radius 3 is 2.32 bits per heavy atom. The van der Waals surface area contributed by atoms with E-state index >= 15 is 0 Å². The van der Waals surface area contributed by atoms with E-state index in [-0.39, 0.29) is 36.2 Å². The molecule has 0 spiro atoms. The molecule has 3 rings (SSSR count). The molecular weight excluding hydrogens is 562 g/mol. The van der Waals surface area contributed by atoms with E-state index in [1.165, 1.54) is 25.7 Å². The zero-order chi connectivity index (χ0) is 32.7. The predicted molar refractivity (Wildman–Crippen MR) is 171 cm³/mol. The summed E-state index contributed by atoms with van der Waals surface area (Å²) in [5.74, 6) is 0.724. The van der Waals surface area contributed by atoms with E-state index in [0.717, 1.165) is 24.2 Å². The van der Waals surface area contributed by atoms with Gasteiger partial charge in [-0.2, -0.15) is 0 Å². The summed E-state index contributed by atoms with van der Waals surface area (Å²) in [6, 6.07) is 9.43. The van der Waals surface area contributed by atoms with Crippen LogP contribution < -0.4 is 21.6 Å². The topological polar surface area (TPSA) is 155 Å². The molecule has 250 valence electrons. The van der Waals surface area contributed by atoms with E-state index in [4.69, 9.17) is 10.3 Å². The number of likely N-dealkylation sites (tertiary alicyclic amines) is 1. The van der Waals surface area contributed by atoms with Crippen LogP contribution in [0.5, 0.6) is 0 Å². The highest BCUT2D eigenvalue weighted by atomic mass is 16.8. The second kappa shape index (κ2) is 19.1. The van der Waals surface area contributed by atoms with Crippen molar-refractivity contribution < 1.29 is 29.8 Å². The lowest BCUT2D eigenvalue weighted by Crippen LogP contribution is -2.60. The van der Waals surface area contributed by atoms with Gasteiger partial charge in [-0.25, -0.2) is 0 Å². The Kier molecular flexibility index (Phi) is 16.3. The third-order valence-corrected chi connectivity index (χ3v) is 8.11. The van der Waals surface area contributed by atoms with Crippen LogP contribution in [0.15, 0.2) is 42.1 Å². The van der Waals surface area contributed by atoms with Gasteiger partial charge in [0.25, 0.3) is 0 Å². The predicted octanol–water partition coefficient (Wildman–Crippen LogP) is 2.66. The molecule has 5 atom stereocenters. The maximum atomic E-state index is 13.4. The van der Waals surface area contributed by atoms with Crippen LogP contribution in [0, 0.1) is 11.8 Å². The molecule has 0 radical (unpaired) electrons. The van der Waals surface area contributed by atoms with Crippen LogP contribution in [0.1, 0.15) is 79.2 Å². The molecular formula is C33H57N5O6. The minimum absolute atomic E-state index is 0.0370. The minimum atomic E-state index is -0.747. The third kappa shape index (κ3) is 13.6. The molecule has 44 heavy (non-hydrogen) atoms. The Morgan fingerprint density at radius 1 is 1.11 bits per heavy atom.